The van der Waals surface area contributed by atoms with E-state index in [0.29, 0.717) is 11.3 Å². The van der Waals surface area contributed by atoms with Crippen LogP contribution in [0.5, 0.6) is 0 Å². The fourth-order valence-electron chi connectivity index (χ4n) is 2.91. The zero-order valence-corrected chi connectivity index (χ0v) is 16.2. The first-order valence-corrected chi connectivity index (χ1v) is 9.48. The van der Waals surface area contributed by atoms with Crippen molar-refractivity contribution in [2.24, 2.45) is 5.92 Å². The Morgan fingerprint density at radius 3 is 2.42 bits per heavy atom. The Morgan fingerprint density at radius 2 is 1.88 bits per heavy atom. The van der Waals surface area contributed by atoms with Crippen molar-refractivity contribution in [2.75, 3.05) is 5.75 Å². The molecule has 0 saturated carbocycles. The summed E-state index contributed by atoms with van der Waals surface area (Å²) in [5.41, 5.74) is 1.31. The molecule has 1 aromatic rings. The molecule has 1 N–H and O–H groups in total. The van der Waals surface area contributed by atoms with Crippen molar-refractivity contribution >= 4 is 23.6 Å². The molecular formula is C19H28N2O2S. The van der Waals surface area contributed by atoms with E-state index in [0.717, 1.165) is 5.56 Å². The van der Waals surface area contributed by atoms with Crippen molar-refractivity contribution in [3.05, 3.63) is 35.4 Å². The van der Waals surface area contributed by atoms with Gasteiger partial charge in [0.05, 0.1) is 5.37 Å². The van der Waals surface area contributed by atoms with Gasteiger partial charge >= 0.3 is 0 Å². The first-order chi connectivity index (χ1) is 11.1. The van der Waals surface area contributed by atoms with Crippen LogP contribution in [0.1, 0.15) is 50.5 Å². The van der Waals surface area contributed by atoms with E-state index in [9.17, 15) is 9.59 Å². The van der Waals surface area contributed by atoms with Crippen molar-refractivity contribution in [2.45, 2.75) is 58.5 Å². The minimum Gasteiger partial charge on any atom is -0.350 e. The molecule has 132 valence electrons. The summed E-state index contributed by atoms with van der Waals surface area (Å²) in [5.74, 6) is 0.809. The Morgan fingerprint density at radius 1 is 1.25 bits per heavy atom. The van der Waals surface area contributed by atoms with Crippen molar-refractivity contribution < 1.29 is 9.59 Å². The molecule has 0 spiro atoms. The highest BCUT2D eigenvalue weighted by atomic mass is 32.2. The van der Waals surface area contributed by atoms with Crippen LogP contribution in [-0.4, -0.2) is 39.4 Å². The average molecular weight is 349 g/mol. The lowest BCUT2D eigenvalue weighted by Crippen LogP contribution is -2.54. The number of thioether (sulfide) groups is 1. The number of hydrogen-bond acceptors (Lipinski definition) is 3. The summed E-state index contributed by atoms with van der Waals surface area (Å²) in [7, 11) is 0. The molecule has 2 rings (SSSR count). The normalized spacial score (nSPS) is 21.2. The van der Waals surface area contributed by atoms with Gasteiger partial charge in [0.25, 0.3) is 5.91 Å². The molecule has 0 aliphatic carbocycles. The van der Waals surface area contributed by atoms with Gasteiger partial charge in [0.1, 0.15) is 6.04 Å². The minimum atomic E-state index is -0.422. The molecule has 1 fully saturated rings. The van der Waals surface area contributed by atoms with E-state index >= 15 is 0 Å². The van der Waals surface area contributed by atoms with Gasteiger partial charge < -0.3 is 10.2 Å². The van der Waals surface area contributed by atoms with Gasteiger partial charge in [0.2, 0.25) is 5.91 Å². The van der Waals surface area contributed by atoms with Gasteiger partial charge in [-0.3, -0.25) is 9.59 Å². The van der Waals surface area contributed by atoms with Crippen LogP contribution >= 0.6 is 11.8 Å². The molecular weight excluding hydrogens is 320 g/mol. The molecule has 1 aliphatic heterocycles. The van der Waals surface area contributed by atoms with E-state index < -0.39 is 6.04 Å². The van der Waals surface area contributed by atoms with Crippen LogP contribution < -0.4 is 5.32 Å². The highest BCUT2D eigenvalue weighted by molar-refractivity contribution is 8.00. The van der Waals surface area contributed by atoms with Gasteiger partial charge in [0, 0.05) is 16.9 Å². The Kier molecular flexibility index (Phi) is 5.63. The first kappa shape index (κ1) is 18.8. The molecule has 0 bridgehead atoms. The lowest BCUT2D eigenvalue weighted by atomic mass is 10.0. The number of aryl methyl sites for hydroxylation is 1. The van der Waals surface area contributed by atoms with Crippen LogP contribution in [0.2, 0.25) is 0 Å². The summed E-state index contributed by atoms with van der Waals surface area (Å²) in [6.07, 6.45) is 0. The molecule has 0 aromatic heterocycles. The number of rotatable bonds is 3. The molecule has 1 saturated heterocycles. The Bertz CT molecular complexity index is 622. The summed E-state index contributed by atoms with van der Waals surface area (Å²) in [6.45, 7) is 12.0. The van der Waals surface area contributed by atoms with Crippen LogP contribution in [0.25, 0.3) is 0 Å². The summed E-state index contributed by atoms with van der Waals surface area (Å²) >= 11 is 1.69. The maximum Gasteiger partial charge on any atom is 0.255 e. The molecule has 2 atom stereocenters. The second kappa shape index (κ2) is 7.18. The largest absolute Gasteiger partial charge is 0.350 e. The smallest absolute Gasteiger partial charge is 0.255 e. The predicted octanol–water partition coefficient (Wildman–Crippen LogP) is 3.45. The van der Waals surface area contributed by atoms with Gasteiger partial charge in [-0.1, -0.05) is 32.0 Å². The fraction of sp³-hybridized carbons (Fsp3) is 0.579. The maximum atomic E-state index is 13.2. The molecule has 1 heterocycles. The maximum absolute atomic E-state index is 13.2. The standard InChI is InChI=1S/C19H28N2O2S/c1-12(2)18-21(17(23)14-10-8-7-9-13(14)3)15(11-24-18)16(22)20-19(4,5)6/h7-10,12,15,18H,11H2,1-6H3,(H,20,22). The number of amides is 2. The highest BCUT2D eigenvalue weighted by Crippen LogP contribution is 2.35. The van der Waals surface area contributed by atoms with Crippen LogP contribution in [0.4, 0.5) is 0 Å². The molecule has 4 nitrogen and oxygen atoms in total. The molecule has 0 radical (unpaired) electrons. The van der Waals surface area contributed by atoms with E-state index in [4.69, 9.17) is 0 Å². The number of carbonyl (C=O) groups excluding carboxylic acids is 2. The van der Waals surface area contributed by atoms with Crippen molar-refractivity contribution in [3.63, 3.8) is 0 Å². The van der Waals surface area contributed by atoms with Gasteiger partial charge in [-0.05, 0) is 45.2 Å². The van der Waals surface area contributed by atoms with Gasteiger partial charge in [-0.2, -0.15) is 0 Å². The monoisotopic (exact) mass is 348 g/mol. The van der Waals surface area contributed by atoms with E-state index in [1.807, 2.05) is 52.0 Å². The van der Waals surface area contributed by atoms with Gasteiger partial charge in [-0.15, -0.1) is 11.8 Å². The minimum absolute atomic E-state index is 0.0211. The quantitative estimate of drug-likeness (QED) is 0.910. The third kappa shape index (κ3) is 4.12. The highest BCUT2D eigenvalue weighted by Gasteiger charge is 2.43. The lowest BCUT2D eigenvalue weighted by Gasteiger charge is -2.33. The Labute approximate surface area is 149 Å². The second-order valence-electron chi connectivity index (χ2n) is 7.75. The third-order valence-corrected chi connectivity index (χ3v) is 5.64. The van der Waals surface area contributed by atoms with E-state index in [1.165, 1.54) is 0 Å². The number of hydrogen-bond donors (Lipinski definition) is 1. The van der Waals surface area contributed by atoms with Crippen molar-refractivity contribution in [1.82, 2.24) is 10.2 Å². The first-order valence-electron chi connectivity index (χ1n) is 8.43. The number of nitrogens with one attached hydrogen (secondary N) is 1. The van der Waals surface area contributed by atoms with E-state index in [1.54, 1.807) is 16.7 Å². The number of nitrogens with zero attached hydrogens (tertiary/aromatic N) is 1. The topological polar surface area (TPSA) is 49.4 Å². The molecule has 5 heteroatoms. The van der Waals surface area contributed by atoms with Crippen LogP contribution in [0, 0.1) is 12.8 Å². The molecule has 2 amide bonds. The third-order valence-electron chi connectivity index (χ3n) is 4.02. The van der Waals surface area contributed by atoms with Crippen LogP contribution in [-0.2, 0) is 4.79 Å². The number of carbonyl (C=O) groups is 2. The number of benzene rings is 1. The fourth-order valence-corrected chi connectivity index (χ4v) is 4.38. The van der Waals surface area contributed by atoms with Crippen LogP contribution in [0.3, 0.4) is 0 Å². The predicted molar refractivity (Wildman–Crippen MR) is 100 cm³/mol. The van der Waals surface area contributed by atoms with Crippen molar-refractivity contribution in [1.29, 1.82) is 0 Å². The summed E-state index contributed by atoms with van der Waals surface area (Å²) in [4.78, 5) is 27.7. The van der Waals surface area contributed by atoms with Crippen LogP contribution in [0.15, 0.2) is 24.3 Å². The molecule has 1 aromatic carbocycles. The molecule has 2 unspecified atom stereocenters. The Balaban J connectivity index is 2.34. The van der Waals surface area contributed by atoms with Gasteiger partial charge in [0.15, 0.2) is 0 Å². The lowest BCUT2D eigenvalue weighted by molar-refractivity contribution is -0.126. The summed E-state index contributed by atoms with van der Waals surface area (Å²) < 4.78 is 0. The average Bonchev–Trinajstić information content (AvgIpc) is 2.90. The zero-order chi connectivity index (χ0) is 18.1. The Hall–Kier alpha value is -1.49. The molecule has 24 heavy (non-hydrogen) atoms. The SMILES string of the molecule is Cc1ccccc1C(=O)N1C(C(=O)NC(C)(C)C)CSC1C(C)C. The van der Waals surface area contributed by atoms with Crippen molar-refractivity contribution in [3.8, 4) is 0 Å². The van der Waals surface area contributed by atoms with E-state index in [2.05, 4.69) is 19.2 Å². The second-order valence-corrected chi connectivity index (χ2v) is 8.90. The van der Waals surface area contributed by atoms with E-state index in [-0.39, 0.29) is 28.6 Å². The zero-order valence-electron chi connectivity index (χ0n) is 15.4. The summed E-state index contributed by atoms with van der Waals surface area (Å²) in [6, 6.07) is 7.16. The molecule has 1 aliphatic rings. The van der Waals surface area contributed by atoms with Gasteiger partial charge in [-0.25, -0.2) is 0 Å². The summed E-state index contributed by atoms with van der Waals surface area (Å²) in [5, 5.41) is 3.05.